The van der Waals surface area contributed by atoms with E-state index in [0.717, 1.165) is 0 Å². The Kier molecular flexibility index (Phi) is 5.62. The van der Waals surface area contributed by atoms with Gasteiger partial charge in [0.05, 0.1) is 5.69 Å². The monoisotopic (exact) mass is 347 g/mol. The van der Waals surface area contributed by atoms with Gasteiger partial charge in [-0.2, -0.15) is 0 Å². The van der Waals surface area contributed by atoms with Crippen LogP contribution in [0.25, 0.3) is 0 Å². The van der Waals surface area contributed by atoms with E-state index in [4.69, 9.17) is 22.5 Å². The van der Waals surface area contributed by atoms with Gasteiger partial charge in [-0.1, -0.05) is 30.6 Å². The van der Waals surface area contributed by atoms with Gasteiger partial charge < -0.3 is 16.3 Å². The van der Waals surface area contributed by atoms with Crippen LogP contribution in [0.4, 0.5) is 5.69 Å². The predicted molar refractivity (Wildman–Crippen MR) is 79.5 cm³/mol. The molecule has 19 heavy (non-hydrogen) atoms. The number of nitrogens with zero attached hydrogens (tertiary/aromatic N) is 1. The van der Waals surface area contributed by atoms with E-state index < -0.39 is 5.92 Å². The lowest BCUT2D eigenvalue weighted by Crippen LogP contribution is -2.38. The van der Waals surface area contributed by atoms with E-state index in [1.54, 1.807) is 18.2 Å². The first-order chi connectivity index (χ1) is 8.86. The fourth-order valence-electron chi connectivity index (χ4n) is 1.64. The van der Waals surface area contributed by atoms with Crippen LogP contribution in [0.1, 0.15) is 13.8 Å². The molecule has 1 atom stereocenters. The Morgan fingerprint density at radius 3 is 2.68 bits per heavy atom. The number of carbonyl (C=O) groups is 1. The van der Waals surface area contributed by atoms with E-state index in [2.05, 4.69) is 26.4 Å². The highest BCUT2D eigenvalue weighted by Crippen LogP contribution is 2.27. The second-order valence-corrected chi connectivity index (χ2v) is 5.65. The van der Waals surface area contributed by atoms with Gasteiger partial charge in [0, 0.05) is 9.50 Å². The lowest BCUT2D eigenvalue weighted by atomic mass is 9.94. The zero-order valence-electron chi connectivity index (χ0n) is 10.5. The van der Waals surface area contributed by atoms with E-state index in [-0.39, 0.29) is 17.7 Å². The highest BCUT2D eigenvalue weighted by atomic mass is 79.9. The molecule has 4 N–H and O–H groups in total. The molecular formula is C12H15BrClN3O2. The molecule has 0 aliphatic heterocycles. The molecule has 0 aromatic heterocycles. The summed E-state index contributed by atoms with van der Waals surface area (Å²) in [5.74, 6) is -1.29. The number of halogens is 2. The van der Waals surface area contributed by atoms with E-state index in [0.29, 0.717) is 15.2 Å². The summed E-state index contributed by atoms with van der Waals surface area (Å²) < 4.78 is 0.701. The van der Waals surface area contributed by atoms with Gasteiger partial charge >= 0.3 is 0 Å². The number of oxime groups is 1. The summed E-state index contributed by atoms with van der Waals surface area (Å²) in [4.78, 5) is 12.2. The van der Waals surface area contributed by atoms with Crippen molar-refractivity contribution in [1.29, 1.82) is 0 Å². The zero-order valence-corrected chi connectivity index (χ0v) is 12.9. The maximum absolute atomic E-state index is 12.2. The summed E-state index contributed by atoms with van der Waals surface area (Å²) in [6, 6.07) is 5.05. The highest BCUT2D eigenvalue weighted by molar-refractivity contribution is 9.10. The number of nitrogens with one attached hydrogen (secondary N) is 1. The molecule has 0 aliphatic carbocycles. The van der Waals surface area contributed by atoms with Gasteiger partial charge in [-0.25, -0.2) is 0 Å². The first-order valence-corrected chi connectivity index (χ1v) is 6.77. The number of amides is 1. The van der Waals surface area contributed by atoms with Gasteiger partial charge in [0.1, 0.15) is 5.92 Å². The Hall–Kier alpha value is -1.27. The number of amidine groups is 1. The van der Waals surface area contributed by atoms with Crippen LogP contribution in [0.2, 0.25) is 5.02 Å². The first kappa shape index (κ1) is 15.8. The number of hydrogen-bond acceptors (Lipinski definition) is 3. The molecule has 1 rings (SSSR count). The number of anilines is 1. The molecule has 1 aromatic rings. The third kappa shape index (κ3) is 4.11. The molecule has 1 unspecified atom stereocenters. The number of nitrogens with two attached hydrogens (primary N) is 1. The fourth-order valence-corrected chi connectivity index (χ4v) is 2.16. The molecule has 0 saturated carbocycles. The quantitative estimate of drug-likeness (QED) is 0.338. The van der Waals surface area contributed by atoms with Crippen LogP contribution in [0, 0.1) is 11.8 Å². The summed E-state index contributed by atoms with van der Waals surface area (Å²) in [7, 11) is 0. The van der Waals surface area contributed by atoms with Gasteiger partial charge in [-0.05, 0) is 40.0 Å². The average Bonchev–Trinajstić information content (AvgIpc) is 2.33. The van der Waals surface area contributed by atoms with Crippen molar-refractivity contribution in [3.63, 3.8) is 0 Å². The summed E-state index contributed by atoms with van der Waals surface area (Å²) in [5, 5.41) is 14.8. The van der Waals surface area contributed by atoms with Crippen molar-refractivity contribution in [2.75, 3.05) is 5.32 Å². The lowest BCUT2D eigenvalue weighted by Gasteiger charge is -2.19. The van der Waals surface area contributed by atoms with Gasteiger partial charge in [-0.3, -0.25) is 4.79 Å². The SMILES string of the molecule is CC(C)C(C(=O)Nc1cc(Cl)ccc1Br)/C(N)=N/O. The van der Waals surface area contributed by atoms with E-state index >= 15 is 0 Å². The van der Waals surface area contributed by atoms with E-state index in [1.165, 1.54) is 0 Å². The topological polar surface area (TPSA) is 87.7 Å². The van der Waals surface area contributed by atoms with Crippen molar-refractivity contribution in [2.45, 2.75) is 13.8 Å². The van der Waals surface area contributed by atoms with Crippen LogP contribution in [0.15, 0.2) is 27.8 Å². The van der Waals surface area contributed by atoms with Crippen molar-refractivity contribution in [3.05, 3.63) is 27.7 Å². The molecule has 5 nitrogen and oxygen atoms in total. The second kappa shape index (κ2) is 6.77. The number of carbonyl (C=O) groups excluding carboxylic acids is 1. The molecule has 0 aliphatic rings. The Labute approximate surface area is 124 Å². The Morgan fingerprint density at radius 2 is 2.16 bits per heavy atom. The van der Waals surface area contributed by atoms with Crippen molar-refractivity contribution in [2.24, 2.45) is 22.7 Å². The average molecular weight is 349 g/mol. The van der Waals surface area contributed by atoms with E-state index in [9.17, 15) is 4.79 Å². The summed E-state index contributed by atoms with van der Waals surface area (Å²) in [6.45, 7) is 3.63. The maximum Gasteiger partial charge on any atom is 0.235 e. The smallest absolute Gasteiger partial charge is 0.235 e. The Balaban J connectivity index is 2.97. The number of hydrogen-bond donors (Lipinski definition) is 3. The van der Waals surface area contributed by atoms with E-state index in [1.807, 2.05) is 13.8 Å². The minimum absolute atomic E-state index is 0.103. The summed E-state index contributed by atoms with van der Waals surface area (Å²) >= 11 is 9.19. The largest absolute Gasteiger partial charge is 0.409 e. The molecule has 0 radical (unpaired) electrons. The third-order valence-electron chi connectivity index (χ3n) is 2.57. The molecule has 1 amide bonds. The molecule has 0 saturated heterocycles. The summed E-state index contributed by atoms with van der Waals surface area (Å²) in [6.07, 6.45) is 0. The Bertz CT molecular complexity index is 506. The van der Waals surface area contributed by atoms with Crippen molar-refractivity contribution in [3.8, 4) is 0 Å². The van der Waals surface area contributed by atoms with Gasteiger partial charge in [0.15, 0.2) is 5.84 Å². The Morgan fingerprint density at radius 1 is 1.53 bits per heavy atom. The molecule has 0 bridgehead atoms. The summed E-state index contributed by atoms with van der Waals surface area (Å²) in [5.41, 5.74) is 6.08. The standard InChI is InChI=1S/C12H15BrClN3O2/c1-6(2)10(11(15)17-19)12(18)16-9-5-7(14)3-4-8(9)13/h3-6,10,19H,1-2H3,(H2,15,17)(H,16,18). The van der Waals surface area contributed by atoms with Crippen LogP contribution in [0.3, 0.4) is 0 Å². The molecule has 104 valence electrons. The highest BCUT2D eigenvalue weighted by Gasteiger charge is 2.27. The third-order valence-corrected chi connectivity index (χ3v) is 3.50. The molecule has 0 heterocycles. The van der Waals surface area contributed by atoms with Crippen molar-refractivity contribution < 1.29 is 10.0 Å². The first-order valence-electron chi connectivity index (χ1n) is 5.60. The van der Waals surface area contributed by atoms with Gasteiger partial charge in [0.2, 0.25) is 5.91 Å². The second-order valence-electron chi connectivity index (χ2n) is 4.36. The molecule has 0 fully saturated rings. The van der Waals surface area contributed by atoms with Crippen LogP contribution >= 0.6 is 27.5 Å². The molecular weight excluding hydrogens is 334 g/mol. The lowest BCUT2D eigenvalue weighted by molar-refractivity contribution is -0.119. The minimum Gasteiger partial charge on any atom is -0.409 e. The van der Waals surface area contributed by atoms with Crippen molar-refractivity contribution in [1.82, 2.24) is 0 Å². The molecule has 0 spiro atoms. The fraction of sp³-hybridized carbons (Fsp3) is 0.333. The molecule has 1 aromatic carbocycles. The van der Waals surface area contributed by atoms with Crippen LogP contribution < -0.4 is 11.1 Å². The molecule has 7 heteroatoms. The van der Waals surface area contributed by atoms with Crippen LogP contribution in [-0.2, 0) is 4.79 Å². The number of rotatable bonds is 4. The predicted octanol–water partition coefficient (Wildman–Crippen LogP) is 3.06. The van der Waals surface area contributed by atoms with Gasteiger partial charge in [-0.15, -0.1) is 0 Å². The minimum atomic E-state index is -0.712. The van der Waals surface area contributed by atoms with Crippen LogP contribution in [-0.4, -0.2) is 17.0 Å². The number of benzene rings is 1. The zero-order chi connectivity index (χ0) is 14.6. The van der Waals surface area contributed by atoms with Crippen molar-refractivity contribution >= 4 is 45.0 Å². The van der Waals surface area contributed by atoms with Gasteiger partial charge in [0.25, 0.3) is 0 Å². The van der Waals surface area contributed by atoms with Crippen LogP contribution in [0.5, 0.6) is 0 Å². The maximum atomic E-state index is 12.2. The normalized spacial score (nSPS) is 13.4.